The SMILES string of the molecule is CC(C)S(=O)(=O)C/C(N)=N/OS(=O)(=O)c1ccc(Cl)cc1. The largest absolute Gasteiger partial charge is 0.384 e. The summed E-state index contributed by atoms with van der Waals surface area (Å²) in [6.45, 7) is 2.96. The molecule has 0 bridgehead atoms. The van der Waals surface area contributed by atoms with Gasteiger partial charge in [0.1, 0.15) is 10.6 Å². The molecule has 0 atom stereocenters. The summed E-state index contributed by atoms with van der Waals surface area (Å²) < 4.78 is 51.1. The number of amidine groups is 1. The van der Waals surface area contributed by atoms with Crippen molar-refractivity contribution in [3.05, 3.63) is 29.3 Å². The predicted molar refractivity (Wildman–Crippen MR) is 80.3 cm³/mol. The fourth-order valence-corrected chi connectivity index (χ4v) is 2.81. The Labute approximate surface area is 128 Å². The van der Waals surface area contributed by atoms with Crippen LogP contribution in [0.5, 0.6) is 0 Å². The van der Waals surface area contributed by atoms with Crippen molar-refractivity contribution >= 4 is 37.4 Å². The number of hydrogen-bond donors (Lipinski definition) is 1. The average molecular weight is 355 g/mol. The minimum Gasteiger partial charge on any atom is -0.384 e. The Hall–Kier alpha value is -1.32. The lowest BCUT2D eigenvalue weighted by Crippen LogP contribution is -2.29. The van der Waals surface area contributed by atoms with Crippen LogP contribution in [0.3, 0.4) is 0 Å². The summed E-state index contributed by atoms with van der Waals surface area (Å²) in [6.07, 6.45) is 0. The zero-order chi connectivity index (χ0) is 16.3. The van der Waals surface area contributed by atoms with Gasteiger partial charge in [-0.05, 0) is 38.1 Å². The molecule has 0 heterocycles. The van der Waals surface area contributed by atoms with Gasteiger partial charge in [0.05, 0.1) is 5.25 Å². The second kappa shape index (κ2) is 6.63. The van der Waals surface area contributed by atoms with Crippen LogP contribution in [-0.2, 0) is 24.2 Å². The van der Waals surface area contributed by atoms with E-state index >= 15 is 0 Å². The molecule has 0 aliphatic carbocycles. The molecule has 0 aliphatic rings. The van der Waals surface area contributed by atoms with Gasteiger partial charge in [0.2, 0.25) is 0 Å². The van der Waals surface area contributed by atoms with Gasteiger partial charge in [-0.1, -0.05) is 16.8 Å². The van der Waals surface area contributed by atoms with E-state index in [2.05, 4.69) is 9.44 Å². The summed E-state index contributed by atoms with van der Waals surface area (Å²) in [5.41, 5.74) is 5.37. The Morgan fingerprint density at radius 3 is 2.24 bits per heavy atom. The second-order valence-corrected chi connectivity index (χ2v) is 8.94. The van der Waals surface area contributed by atoms with Crippen LogP contribution >= 0.6 is 11.6 Å². The van der Waals surface area contributed by atoms with Crippen LogP contribution in [-0.4, -0.2) is 33.7 Å². The topological polar surface area (TPSA) is 116 Å². The van der Waals surface area contributed by atoms with Crippen LogP contribution in [0.2, 0.25) is 5.02 Å². The van der Waals surface area contributed by atoms with Gasteiger partial charge in [0, 0.05) is 5.02 Å². The third kappa shape index (κ3) is 5.18. The molecule has 1 aromatic carbocycles. The van der Waals surface area contributed by atoms with E-state index in [1.165, 1.54) is 38.1 Å². The zero-order valence-corrected chi connectivity index (χ0v) is 13.7. The van der Waals surface area contributed by atoms with E-state index in [0.29, 0.717) is 5.02 Å². The molecule has 1 rings (SSSR count). The Kier molecular flexibility index (Phi) is 5.60. The Morgan fingerprint density at radius 2 is 1.76 bits per heavy atom. The first-order chi connectivity index (χ1) is 9.54. The van der Waals surface area contributed by atoms with Crippen molar-refractivity contribution in [2.24, 2.45) is 10.9 Å². The van der Waals surface area contributed by atoms with Crippen LogP contribution in [0, 0.1) is 0 Å². The van der Waals surface area contributed by atoms with Crippen molar-refractivity contribution in [3.63, 3.8) is 0 Å². The smallest absolute Gasteiger partial charge is 0.358 e. The van der Waals surface area contributed by atoms with Crippen LogP contribution < -0.4 is 5.73 Å². The van der Waals surface area contributed by atoms with Crippen molar-refractivity contribution in [2.45, 2.75) is 24.0 Å². The Balaban J connectivity index is 2.86. The van der Waals surface area contributed by atoms with Gasteiger partial charge in [0.25, 0.3) is 0 Å². The maximum Gasteiger partial charge on any atom is 0.358 e. The predicted octanol–water partition coefficient (Wildman–Crippen LogP) is 1.14. The number of sulfone groups is 1. The molecule has 7 nitrogen and oxygen atoms in total. The van der Waals surface area contributed by atoms with Gasteiger partial charge < -0.3 is 5.73 Å². The third-order valence-electron chi connectivity index (χ3n) is 2.42. The molecule has 0 radical (unpaired) electrons. The second-order valence-electron chi connectivity index (χ2n) is 4.42. The summed E-state index contributed by atoms with van der Waals surface area (Å²) in [5.74, 6) is -1.03. The summed E-state index contributed by atoms with van der Waals surface area (Å²) >= 11 is 5.64. The molecule has 0 aromatic heterocycles. The monoisotopic (exact) mass is 354 g/mol. The van der Waals surface area contributed by atoms with E-state index in [-0.39, 0.29) is 4.90 Å². The number of nitrogens with zero attached hydrogens (tertiary/aromatic N) is 1. The molecule has 1 aromatic rings. The molecule has 0 amide bonds. The summed E-state index contributed by atoms with van der Waals surface area (Å²) in [7, 11) is -7.65. The van der Waals surface area contributed by atoms with Gasteiger partial charge >= 0.3 is 10.1 Å². The molecule has 10 heteroatoms. The summed E-state index contributed by atoms with van der Waals surface area (Å²) in [4.78, 5) is -0.171. The van der Waals surface area contributed by atoms with Gasteiger partial charge in [-0.3, -0.25) is 4.28 Å². The van der Waals surface area contributed by atoms with Crippen LogP contribution in [0.4, 0.5) is 0 Å². The molecular formula is C11H15ClN2O5S2. The number of benzene rings is 1. The molecule has 0 spiro atoms. The minimum absolute atomic E-state index is 0.171. The minimum atomic E-state index is -4.17. The zero-order valence-electron chi connectivity index (χ0n) is 11.4. The first-order valence-corrected chi connectivity index (χ1v) is 9.28. The Morgan fingerprint density at radius 1 is 1.24 bits per heavy atom. The van der Waals surface area contributed by atoms with Crippen molar-refractivity contribution in [1.29, 1.82) is 0 Å². The lowest BCUT2D eigenvalue weighted by Gasteiger charge is -2.07. The van der Waals surface area contributed by atoms with Gasteiger partial charge in [-0.15, -0.1) is 0 Å². The maximum atomic E-state index is 11.8. The number of nitrogens with two attached hydrogens (primary N) is 1. The molecule has 0 saturated heterocycles. The number of rotatable bonds is 6. The first kappa shape index (κ1) is 17.7. The number of oxime groups is 1. The van der Waals surface area contributed by atoms with Crippen molar-refractivity contribution in [1.82, 2.24) is 0 Å². The fourth-order valence-electron chi connectivity index (χ4n) is 1.14. The van der Waals surface area contributed by atoms with Gasteiger partial charge in [-0.25, -0.2) is 8.42 Å². The molecule has 0 saturated carbocycles. The molecular weight excluding hydrogens is 340 g/mol. The standard InChI is InChI=1S/C11H15ClN2O5S2/c1-8(2)20(15,16)7-11(13)14-19-21(17,18)10-5-3-9(12)4-6-10/h3-6,8H,7H2,1-2H3,(H2,13,14). The first-order valence-electron chi connectivity index (χ1n) is 5.78. The highest BCUT2D eigenvalue weighted by atomic mass is 35.5. The molecule has 0 fully saturated rings. The highest BCUT2D eigenvalue weighted by molar-refractivity contribution is 7.92. The maximum absolute atomic E-state index is 11.8. The lowest BCUT2D eigenvalue weighted by molar-refractivity contribution is 0.338. The van der Waals surface area contributed by atoms with E-state index < -0.39 is 36.8 Å². The number of halogens is 1. The molecule has 2 N–H and O–H groups in total. The average Bonchev–Trinajstić information content (AvgIpc) is 2.36. The van der Waals surface area contributed by atoms with Crippen LogP contribution in [0.25, 0.3) is 0 Å². The number of hydrogen-bond acceptors (Lipinski definition) is 6. The molecule has 0 unspecified atom stereocenters. The van der Waals surface area contributed by atoms with Crippen molar-refractivity contribution in [3.8, 4) is 0 Å². The van der Waals surface area contributed by atoms with E-state index in [1.54, 1.807) is 0 Å². The lowest BCUT2D eigenvalue weighted by atomic mass is 10.4. The third-order valence-corrected chi connectivity index (χ3v) is 5.93. The molecule has 0 aliphatic heterocycles. The molecule has 118 valence electrons. The Bertz CT molecular complexity index is 724. The van der Waals surface area contributed by atoms with E-state index in [9.17, 15) is 16.8 Å². The van der Waals surface area contributed by atoms with Crippen LogP contribution in [0.1, 0.15) is 13.8 Å². The van der Waals surface area contributed by atoms with E-state index in [4.69, 9.17) is 17.3 Å². The van der Waals surface area contributed by atoms with Crippen molar-refractivity contribution < 1.29 is 21.1 Å². The highest BCUT2D eigenvalue weighted by Gasteiger charge is 2.20. The normalized spacial score (nSPS) is 13.4. The fraction of sp³-hybridized carbons (Fsp3) is 0.364. The van der Waals surface area contributed by atoms with Crippen LogP contribution in [0.15, 0.2) is 34.3 Å². The molecule has 21 heavy (non-hydrogen) atoms. The van der Waals surface area contributed by atoms with E-state index in [1.807, 2.05) is 0 Å². The van der Waals surface area contributed by atoms with Gasteiger partial charge in [0.15, 0.2) is 15.7 Å². The summed E-state index contributed by atoms with van der Waals surface area (Å²) in [5, 5.41) is 2.86. The summed E-state index contributed by atoms with van der Waals surface area (Å²) in [6, 6.07) is 5.20. The van der Waals surface area contributed by atoms with Gasteiger partial charge in [-0.2, -0.15) is 8.42 Å². The van der Waals surface area contributed by atoms with E-state index in [0.717, 1.165) is 0 Å². The quantitative estimate of drug-likeness (QED) is 0.465. The van der Waals surface area contributed by atoms with Crippen molar-refractivity contribution in [2.75, 3.05) is 5.75 Å². The highest BCUT2D eigenvalue weighted by Crippen LogP contribution is 2.16.